The lowest BCUT2D eigenvalue weighted by atomic mass is 9.70. The lowest BCUT2D eigenvalue weighted by molar-refractivity contribution is 0.140. The Balaban J connectivity index is 1.76. The van der Waals surface area contributed by atoms with Gasteiger partial charge in [-0.2, -0.15) is 0 Å². The van der Waals surface area contributed by atoms with Gasteiger partial charge in [0.25, 0.3) is 0 Å². The van der Waals surface area contributed by atoms with Crippen molar-refractivity contribution in [2.45, 2.75) is 79.9 Å². The second kappa shape index (κ2) is 8.22. The van der Waals surface area contributed by atoms with E-state index in [1.54, 1.807) is 0 Å². The summed E-state index contributed by atoms with van der Waals surface area (Å²) in [4.78, 5) is 5.09. The normalized spacial score (nSPS) is 20.9. The van der Waals surface area contributed by atoms with Crippen molar-refractivity contribution in [1.82, 2.24) is 9.55 Å². The van der Waals surface area contributed by atoms with Crippen LogP contribution in [0.2, 0.25) is 0 Å². The molecule has 0 spiro atoms. The Bertz CT molecular complexity index is 1060. The Kier molecular flexibility index (Phi) is 5.76. The van der Waals surface area contributed by atoms with E-state index in [1.807, 2.05) is 26.0 Å². The largest absolute Gasteiger partial charge is 0.491 e. The molecule has 1 aliphatic carbocycles. The number of nitrogens with one attached hydrogen (secondary N) is 1. The summed E-state index contributed by atoms with van der Waals surface area (Å²) < 4.78 is 8.28. The highest BCUT2D eigenvalue weighted by molar-refractivity contribution is 5.83. The van der Waals surface area contributed by atoms with Crippen molar-refractivity contribution in [3.63, 3.8) is 0 Å². The number of anilines is 2. The number of aromatic nitrogens is 2. The third kappa shape index (κ3) is 4.73. The minimum atomic E-state index is 0.172. The molecule has 0 saturated heterocycles. The molecule has 3 aromatic rings. The van der Waals surface area contributed by atoms with Crippen LogP contribution in [0.1, 0.15) is 71.0 Å². The maximum atomic E-state index is 5.80. The van der Waals surface area contributed by atoms with Crippen molar-refractivity contribution in [1.29, 1.82) is 0 Å². The van der Waals surface area contributed by atoms with E-state index >= 15 is 0 Å². The average molecular weight is 420 g/mol. The monoisotopic (exact) mass is 419 g/mol. The molecular weight excluding hydrogens is 382 g/mol. The highest BCUT2D eigenvalue weighted by Gasteiger charge is 2.34. The summed E-state index contributed by atoms with van der Waals surface area (Å²) in [5.74, 6) is 2.54. The molecule has 2 atom stereocenters. The topological polar surface area (TPSA) is 39.1 Å². The molecule has 1 aromatic heterocycles. The van der Waals surface area contributed by atoms with Gasteiger partial charge in [-0.3, -0.25) is 0 Å². The van der Waals surface area contributed by atoms with Crippen molar-refractivity contribution in [3.8, 4) is 5.75 Å². The molecule has 1 aliphatic rings. The van der Waals surface area contributed by atoms with Crippen molar-refractivity contribution >= 4 is 22.7 Å². The smallest absolute Gasteiger partial charge is 0.208 e. The number of hydrogen-bond donors (Lipinski definition) is 1. The van der Waals surface area contributed by atoms with Crippen LogP contribution < -0.4 is 10.1 Å². The second-order valence-corrected chi connectivity index (χ2v) is 10.6. The van der Waals surface area contributed by atoms with Gasteiger partial charge in [0.1, 0.15) is 5.75 Å². The van der Waals surface area contributed by atoms with E-state index in [9.17, 15) is 0 Å². The van der Waals surface area contributed by atoms with Gasteiger partial charge in [-0.05, 0) is 99.7 Å². The van der Waals surface area contributed by atoms with E-state index in [1.165, 1.54) is 35.9 Å². The minimum Gasteiger partial charge on any atom is -0.491 e. The summed E-state index contributed by atoms with van der Waals surface area (Å²) >= 11 is 0. The molecule has 4 rings (SSSR count). The average Bonchev–Trinajstić information content (AvgIpc) is 2.99. The molecule has 0 unspecified atom stereocenters. The highest BCUT2D eigenvalue weighted by atomic mass is 16.5. The molecule has 1 saturated carbocycles. The van der Waals surface area contributed by atoms with Crippen LogP contribution in [-0.4, -0.2) is 15.7 Å². The molecule has 0 bridgehead atoms. The Morgan fingerprint density at radius 1 is 1.10 bits per heavy atom. The third-order valence-corrected chi connectivity index (χ3v) is 6.34. The van der Waals surface area contributed by atoms with Gasteiger partial charge < -0.3 is 14.6 Å². The van der Waals surface area contributed by atoms with E-state index in [-0.39, 0.29) is 6.10 Å². The van der Waals surface area contributed by atoms with Crippen molar-refractivity contribution < 1.29 is 4.74 Å². The molecule has 0 amide bonds. The molecule has 4 heteroatoms. The van der Waals surface area contributed by atoms with E-state index in [0.29, 0.717) is 17.4 Å². The van der Waals surface area contributed by atoms with Gasteiger partial charge in [0.05, 0.1) is 17.1 Å². The quantitative estimate of drug-likeness (QED) is 0.463. The van der Waals surface area contributed by atoms with Crippen LogP contribution in [-0.2, 0) is 0 Å². The summed E-state index contributed by atoms with van der Waals surface area (Å²) in [6.07, 6.45) is 3.82. The van der Waals surface area contributed by atoms with Gasteiger partial charge in [0.2, 0.25) is 5.95 Å². The van der Waals surface area contributed by atoms with E-state index < -0.39 is 0 Å². The van der Waals surface area contributed by atoms with E-state index in [4.69, 9.17) is 9.72 Å². The van der Waals surface area contributed by atoms with Crippen LogP contribution in [0.25, 0.3) is 11.0 Å². The molecular formula is C27H37N3O. The summed E-state index contributed by atoms with van der Waals surface area (Å²) in [5, 5.41) is 3.62. The molecule has 2 aromatic carbocycles. The zero-order valence-corrected chi connectivity index (χ0v) is 20.1. The number of imidazole rings is 1. The number of fused-ring (bicyclic) bond motifs is 1. The van der Waals surface area contributed by atoms with Crippen LogP contribution in [0.3, 0.4) is 0 Å². The first-order valence-electron chi connectivity index (χ1n) is 11.6. The second-order valence-electron chi connectivity index (χ2n) is 10.6. The fourth-order valence-corrected chi connectivity index (χ4v) is 5.51. The molecule has 0 radical (unpaired) electrons. The van der Waals surface area contributed by atoms with Gasteiger partial charge in [-0.15, -0.1) is 0 Å². The lowest BCUT2D eigenvalue weighted by Gasteiger charge is -2.40. The minimum absolute atomic E-state index is 0.172. The Morgan fingerprint density at radius 3 is 2.45 bits per heavy atom. The van der Waals surface area contributed by atoms with Crippen LogP contribution in [0.4, 0.5) is 11.6 Å². The number of rotatable bonds is 5. The molecule has 4 nitrogen and oxygen atoms in total. The molecule has 1 N–H and O–H groups in total. The van der Waals surface area contributed by atoms with Gasteiger partial charge in [0.15, 0.2) is 0 Å². The lowest BCUT2D eigenvalue weighted by Crippen LogP contribution is -2.29. The molecule has 0 aliphatic heterocycles. The highest BCUT2D eigenvalue weighted by Crippen LogP contribution is 2.46. The predicted molar refractivity (Wildman–Crippen MR) is 131 cm³/mol. The third-order valence-electron chi connectivity index (χ3n) is 6.34. The summed E-state index contributed by atoms with van der Waals surface area (Å²) in [5.41, 5.74) is 6.24. The molecule has 1 fully saturated rings. The summed E-state index contributed by atoms with van der Waals surface area (Å²) in [7, 11) is 0. The van der Waals surface area contributed by atoms with Crippen LogP contribution >= 0.6 is 0 Å². The zero-order chi connectivity index (χ0) is 22.3. The fourth-order valence-electron chi connectivity index (χ4n) is 5.51. The fraction of sp³-hybridized carbons (Fsp3) is 0.519. The molecule has 31 heavy (non-hydrogen) atoms. The van der Waals surface area contributed by atoms with Gasteiger partial charge in [-0.25, -0.2) is 4.98 Å². The van der Waals surface area contributed by atoms with Crippen LogP contribution in [0.5, 0.6) is 5.75 Å². The van der Waals surface area contributed by atoms with E-state index in [0.717, 1.165) is 22.9 Å². The van der Waals surface area contributed by atoms with Gasteiger partial charge in [0, 0.05) is 11.7 Å². The number of hydrogen-bond acceptors (Lipinski definition) is 3. The molecule has 1 heterocycles. The maximum Gasteiger partial charge on any atom is 0.208 e. The Morgan fingerprint density at radius 2 is 1.81 bits per heavy atom. The van der Waals surface area contributed by atoms with Crippen molar-refractivity contribution in [2.24, 2.45) is 11.3 Å². The van der Waals surface area contributed by atoms with Crippen LogP contribution in [0, 0.1) is 25.2 Å². The van der Waals surface area contributed by atoms with Crippen LogP contribution in [0.15, 0.2) is 36.4 Å². The number of ether oxygens (including phenoxy) is 1. The van der Waals surface area contributed by atoms with Gasteiger partial charge >= 0.3 is 0 Å². The first-order chi connectivity index (χ1) is 14.6. The first-order valence-corrected chi connectivity index (χ1v) is 11.6. The van der Waals surface area contributed by atoms with Crippen molar-refractivity contribution in [2.75, 3.05) is 5.32 Å². The summed E-state index contributed by atoms with van der Waals surface area (Å²) in [6.45, 7) is 15.7. The number of aryl methyl sites for hydroxylation is 2. The number of nitrogens with zero attached hydrogens (tertiary/aromatic N) is 2. The number of benzene rings is 2. The summed E-state index contributed by atoms with van der Waals surface area (Å²) in [6, 6.07) is 13.2. The zero-order valence-electron chi connectivity index (χ0n) is 20.1. The predicted octanol–water partition coefficient (Wildman–Crippen LogP) is 7.57. The SMILES string of the molecule is Cc1cc(C)c2nc(Nc3ccc(OC(C)C)cc3)n([C@H]3C[C@@H](C)CC(C)(C)C3)c2c1. The van der Waals surface area contributed by atoms with E-state index in [2.05, 4.69) is 68.8 Å². The van der Waals surface area contributed by atoms with Gasteiger partial charge in [-0.1, -0.05) is 26.8 Å². The Labute approximate surface area is 187 Å². The standard InChI is InChI=1S/C27H37N3O/c1-17(2)31-23-10-8-21(9-11-23)28-26-29-25-20(5)12-18(3)14-24(25)30(26)22-13-19(4)15-27(6,7)16-22/h8-12,14,17,19,22H,13,15-16H2,1-7H3,(H,28,29)/t19-,22+/m1/s1. The first kappa shape index (κ1) is 21.7. The maximum absolute atomic E-state index is 5.80. The van der Waals surface area contributed by atoms with Crippen molar-refractivity contribution in [3.05, 3.63) is 47.5 Å². The molecule has 166 valence electrons. The Hall–Kier alpha value is -2.49.